The predicted octanol–water partition coefficient (Wildman–Crippen LogP) is 3.96. The van der Waals surface area contributed by atoms with Crippen LogP contribution in [0.4, 0.5) is 0 Å². The molecule has 156 valence electrons. The van der Waals surface area contributed by atoms with E-state index in [1.165, 1.54) is 25.7 Å². The molecule has 2 aromatic rings. The summed E-state index contributed by atoms with van der Waals surface area (Å²) in [6.07, 6.45) is 7.07. The molecular weight excluding hydrogens is 372 g/mol. The van der Waals surface area contributed by atoms with Crippen molar-refractivity contribution in [3.05, 3.63) is 70.8 Å². The van der Waals surface area contributed by atoms with Crippen LogP contribution in [0.3, 0.4) is 0 Å². The van der Waals surface area contributed by atoms with Crippen LogP contribution in [-0.2, 0) is 0 Å². The predicted molar refractivity (Wildman–Crippen MR) is 123 cm³/mol. The molecule has 2 heterocycles. The summed E-state index contributed by atoms with van der Waals surface area (Å²) in [6.45, 7) is 3.61. The molecule has 2 N–H and O–H groups in total. The Morgan fingerprint density at radius 2 is 1.03 bits per heavy atom. The summed E-state index contributed by atoms with van der Waals surface area (Å²) in [5, 5.41) is 6.82. The molecule has 0 atom stereocenters. The lowest BCUT2D eigenvalue weighted by Gasteiger charge is -2.14. The van der Waals surface area contributed by atoms with Crippen LogP contribution in [0, 0.1) is 0 Å². The quantitative estimate of drug-likeness (QED) is 0.761. The monoisotopic (exact) mass is 402 g/mol. The van der Waals surface area contributed by atoms with Crippen LogP contribution in [0.5, 0.6) is 0 Å². The Hall–Kier alpha value is -2.95. The minimum Gasteiger partial charge on any atom is -0.370 e. The zero-order valence-electron chi connectivity index (χ0n) is 17.5. The van der Waals surface area contributed by atoms with Crippen molar-refractivity contribution in [1.29, 1.82) is 0 Å². The number of hydrogen-bond acceptors (Lipinski definition) is 5. The molecule has 30 heavy (non-hydrogen) atoms. The van der Waals surface area contributed by atoms with Gasteiger partial charge in [0.25, 0.3) is 0 Å². The highest BCUT2D eigenvalue weighted by Gasteiger charge is 2.12. The van der Waals surface area contributed by atoms with Gasteiger partial charge in [-0.3, -0.25) is 14.8 Å². The Balaban J connectivity index is 1.46. The second-order valence-corrected chi connectivity index (χ2v) is 7.92. The third-order valence-corrected chi connectivity index (χ3v) is 5.64. The maximum absolute atomic E-state index is 12.9. The lowest BCUT2D eigenvalue weighted by Crippen LogP contribution is -2.27. The van der Waals surface area contributed by atoms with E-state index < -0.39 is 0 Å². The Bertz CT molecular complexity index is 838. The maximum Gasteiger partial charge on any atom is 0.193 e. The highest BCUT2D eigenvalue weighted by molar-refractivity contribution is 6.10. The van der Waals surface area contributed by atoms with Crippen LogP contribution in [-0.4, -0.2) is 43.6 Å². The molecule has 0 fully saturated rings. The molecule has 0 aromatic heterocycles. The van der Waals surface area contributed by atoms with Crippen molar-refractivity contribution in [3.63, 3.8) is 0 Å². The minimum atomic E-state index is 0.0354. The van der Waals surface area contributed by atoms with Gasteiger partial charge in [-0.25, -0.2) is 0 Å². The van der Waals surface area contributed by atoms with Gasteiger partial charge < -0.3 is 10.6 Å². The summed E-state index contributed by atoms with van der Waals surface area (Å²) in [5.74, 6) is 1.91. The molecule has 4 rings (SSSR count). The molecule has 2 aliphatic heterocycles. The molecule has 5 nitrogen and oxygen atoms in total. The van der Waals surface area contributed by atoms with E-state index in [0.29, 0.717) is 11.1 Å². The highest BCUT2D eigenvalue weighted by atomic mass is 16.1. The number of carbonyl (C=O) groups excluding carboxylic acids is 1. The molecule has 0 spiro atoms. The normalized spacial score (nSPS) is 17.7. The number of aliphatic imine (C=N–C) groups is 2. The molecule has 0 saturated heterocycles. The van der Waals surface area contributed by atoms with Gasteiger partial charge in [0.2, 0.25) is 0 Å². The van der Waals surface area contributed by atoms with Gasteiger partial charge in [0.1, 0.15) is 11.7 Å². The van der Waals surface area contributed by atoms with E-state index in [2.05, 4.69) is 20.6 Å². The topological polar surface area (TPSA) is 65.8 Å². The number of rotatable bonds is 4. The van der Waals surface area contributed by atoms with Crippen molar-refractivity contribution in [1.82, 2.24) is 10.6 Å². The molecule has 0 unspecified atom stereocenters. The number of nitrogens with zero attached hydrogens (tertiary/aromatic N) is 2. The molecule has 0 aliphatic carbocycles. The number of benzene rings is 2. The third kappa shape index (κ3) is 5.15. The van der Waals surface area contributed by atoms with E-state index in [4.69, 9.17) is 0 Å². The van der Waals surface area contributed by atoms with E-state index in [-0.39, 0.29) is 5.78 Å². The summed E-state index contributed by atoms with van der Waals surface area (Å²) in [5.41, 5.74) is 3.47. The van der Waals surface area contributed by atoms with E-state index in [0.717, 1.165) is 61.8 Å². The van der Waals surface area contributed by atoms with E-state index in [1.54, 1.807) is 0 Å². The van der Waals surface area contributed by atoms with Crippen molar-refractivity contribution in [3.8, 4) is 0 Å². The SMILES string of the molecule is O=C(c1ccc(C2=NCCCCCN2)cc1)c1ccc(C2=NCCCCCN2)cc1. The number of amidine groups is 2. The van der Waals surface area contributed by atoms with Crippen LogP contribution in [0.15, 0.2) is 58.5 Å². The van der Waals surface area contributed by atoms with Crippen molar-refractivity contribution < 1.29 is 4.79 Å². The fourth-order valence-electron chi connectivity index (χ4n) is 3.85. The van der Waals surface area contributed by atoms with Crippen LogP contribution in [0.25, 0.3) is 0 Å². The Morgan fingerprint density at radius 3 is 1.47 bits per heavy atom. The number of ketones is 1. The fourth-order valence-corrected chi connectivity index (χ4v) is 3.85. The molecule has 0 amide bonds. The Morgan fingerprint density at radius 1 is 0.600 bits per heavy atom. The van der Waals surface area contributed by atoms with Gasteiger partial charge in [-0.1, -0.05) is 48.5 Å². The van der Waals surface area contributed by atoms with E-state index in [9.17, 15) is 4.79 Å². The van der Waals surface area contributed by atoms with Crippen LogP contribution >= 0.6 is 0 Å². The highest BCUT2D eigenvalue weighted by Crippen LogP contribution is 2.14. The molecule has 2 aliphatic rings. The minimum absolute atomic E-state index is 0.0354. The largest absolute Gasteiger partial charge is 0.370 e. The average Bonchev–Trinajstić information content (AvgIpc) is 2.73. The number of hydrogen-bond donors (Lipinski definition) is 2. The van der Waals surface area contributed by atoms with Gasteiger partial charge in [0.05, 0.1) is 0 Å². The Kier molecular flexibility index (Phi) is 6.91. The summed E-state index contributed by atoms with van der Waals surface area (Å²) < 4.78 is 0. The Labute approximate surface area is 178 Å². The first-order chi connectivity index (χ1) is 14.8. The zero-order chi connectivity index (χ0) is 20.6. The molecular formula is C25H30N4O. The van der Waals surface area contributed by atoms with Gasteiger partial charge in [-0.2, -0.15) is 0 Å². The van der Waals surface area contributed by atoms with Gasteiger partial charge in [0, 0.05) is 48.4 Å². The third-order valence-electron chi connectivity index (χ3n) is 5.64. The molecule has 2 aromatic carbocycles. The summed E-state index contributed by atoms with van der Waals surface area (Å²) >= 11 is 0. The van der Waals surface area contributed by atoms with E-state index in [1.807, 2.05) is 48.5 Å². The lowest BCUT2D eigenvalue weighted by molar-refractivity contribution is 0.103. The van der Waals surface area contributed by atoms with Gasteiger partial charge in [0.15, 0.2) is 5.78 Å². The van der Waals surface area contributed by atoms with Gasteiger partial charge in [-0.05, 0) is 38.5 Å². The van der Waals surface area contributed by atoms with Crippen molar-refractivity contribution in [2.45, 2.75) is 38.5 Å². The van der Waals surface area contributed by atoms with Crippen LogP contribution < -0.4 is 10.6 Å². The smallest absolute Gasteiger partial charge is 0.193 e. The molecule has 0 saturated carbocycles. The first kappa shape index (κ1) is 20.3. The standard InChI is InChI=1S/C25H30N4O/c30-23(19-7-11-21(12-8-19)24-26-15-3-1-4-16-27-24)20-9-13-22(14-10-20)25-28-17-5-2-6-18-29-25/h7-14H,1-6,15-18H2,(H,26,27)(H,28,29). The van der Waals surface area contributed by atoms with Gasteiger partial charge >= 0.3 is 0 Å². The summed E-state index contributed by atoms with van der Waals surface area (Å²) in [4.78, 5) is 22.2. The lowest BCUT2D eigenvalue weighted by atomic mass is 10.00. The van der Waals surface area contributed by atoms with Crippen molar-refractivity contribution >= 4 is 17.5 Å². The fraction of sp³-hybridized carbons (Fsp3) is 0.400. The second kappa shape index (κ2) is 10.2. The second-order valence-electron chi connectivity index (χ2n) is 7.92. The summed E-state index contributed by atoms with van der Waals surface area (Å²) in [6, 6.07) is 15.5. The van der Waals surface area contributed by atoms with E-state index >= 15 is 0 Å². The van der Waals surface area contributed by atoms with Crippen molar-refractivity contribution in [2.75, 3.05) is 26.2 Å². The maximum atomic E-state index is 12.9. The first-order valence-corrected chi connectivity index (χ1v) is 11.1. The average molecular weight is 403 g/mol. The summed E-state index contributed by atoms with van der Waals surface area (Å²) in [7, 11) is 0. The van der Waals surface area contributed by atoms with Gasteiger partial charge in [-0.15, -0.1) is 0 Å². The zero-order valence-corrected chi connectivity index (χ0v) is 17.5. The number of carbonyl (C=O) groups is 1. The molecule has 0 bridgehead atoms. The first-order valence-electron chi connectivity index (χ1n) is 11.1. The van der Waals surface area contributed by atoms with Crippen LogP contribution in [0.1, 0.15) is 65.6 Å². The molecule has 0 radical (unpaired) electrons. The molecule has 5 heteroatoms. The number of nitrogens with one attached hydrogen (secondary N) is 2. The van der Waals surface area contributed by atoms with Crippen molar-refractivity contribution in [2.24, 2.45) is 9.98 Å². The van der Waals surface area contributed by atoms with Crippen LogP contribution in [0.2, 0.25) is 0 Å².